The van der Waals surface area contributed by atoms with Crippen molar-refractivity contribution >= 4 is 10.9 Å². The Hall–Kier alpha value is -1.48. The van der Waals surface area contributed by atoms with Crippen molar-refractivity contribution in [2.75, 3.05) is 20.2 Å². The maximum Gasteiger partial charge on any atom is 0.119 e. The number of nitrogens with zero attached hydrogens (tertiary/aromatic N) is 1. The molecule has 1 aromatic carbocycles. The topological polar surface area (TPSA) is 28.3 Å². The third-order valence-corrected chi connectivity index (χ3v) is 5.75. The zero-order chi connectivity index (χ0) is 13.3. The molecule has 2 aromatic rings. The predicted molar refractivity (Wildman–Crippen MR) is 79.4 cm³/mol. The van der Waals surface area contributed by atoms with E-state index in [1.807, 2.05) is 0 Å². The van der Waals surface area contributed by atoms with Gasteiger partial charge in [0.25, 0.3) is 0 Å². The maximum absolute atomic E-state index is 5.41. The average Bonchev–Trinajstić information content (AvgIpc) is 3.14. The van der Waals surface area contributed by atoms with E-state index >= 15 is 0 Å². The molecule has 1 aromatic heterocycles. The minimum atomic E-state index is 0.740. The summed E-state index contributed by atoms with van der Waals surface area (Å²) < 4.78 is 5.41. The second kappa shape index (κ2) is 3.79. The Bertz CT molecular complexity index is 690. The van der Waals surface area contributed by atoms with Gasteiger partial charge in [0.15, 0.2) is 0 Å². The molecule has 1 saturated carbocycles. The summed E-state index contributed by atoms with van der Waals surface area (Å²) in [5.41, 5.74) is 4.37. The third kappa shape index (κ3) is 1.34. The van der Waals surface area contributed by atoms with E-state index in [1.165, 1.54) is 48.9 Å². The molecule has 1 aliphatic carbocycles. The Balaban J connectivity index is 1.71. The summed E-state index contributed by atoms with van der Waals surface area (Å²) in [5, 5.41) is 1.38. The van der Waals surface area contributed by atoms with E-state index in [9.17, 15) is 0 Å². The van der Waals surface area contributed by atoms with Gasteiger partial charge in [-0.1, -0.05) is 0 Å². The molecule has 3 heterocycles. The van der Waals surface area contributed by atoms with Gasteiger partial charge in [-0.25, -0.2) is 0 Å². The highest BCUT2D eigenvalue weighted by Gasteiger charge is 2.47. The van der Waals surface area contributed by atoms with Crippen LogP contribution < -0.4 is 4.74 Å². The molecule has 3 heteroatoms. The molecule has 0 spiro atoms. The number of piperidine rings is 1. The second-order valence-corrected chi connectivity index (χ2v) is 6.68. The number of ether oxygens (including phenoxy) is 1. The lowest BCUT2D eigenvalue weighted by Crippen LogP contribution is -2.36. The minimum absolute atomic E-state index is 0.740. The standard InChI is InChI=1S/C17H20N2O/c1-20-11-2-3-15-13(8-11)12-4-5-19-9-10-6-14(16(19)7-10)17(12)18-15/h2-3,8,10,14,16,18H,4-7,9H2,1H3/t10-,14+,16-/m1/s1. The van der Waals surface area contributed by atoms with Gasteiger partial charge in [-0.2, -0.15) is 0 Å². The SMILES string of the molecule is COc1ccc2[nH]c3c(c2c1)CCN1C[C@@H]2C[C@H]3[C@H]1C2. The van der Waals surface area contributed by atoms with Crippen LogP contribution in [0.15, 0.2) is 18.2 Å². The molecule has 0 radical (unpaired) electrons. The van der Waals surface area contributed by atoms with E-state index < -0.39 is 0 Å². The van der Waals surface area contributed by atoms with Gasteiger partial charge >= 0.3 is 0 Å². The van der Waals surface area contributed by atoms with Crippen LogP contribution in [-0.2, 0) is 6.42 Å². The molecule has 2 fully saturated rings. The highest BCUT2D eigenvalue weighted by molar-refractivity contribution is 5.86. The summed E-state index contributed by atoms with van der Waals surface area (Å²) in [5.74, 6) is 2.65. The van der Waals surface area contributed by atoms with Gasteiger partial charge in [0.1, 0.15) is 5.75 Å². The van der Waals surface area contributed by atoms with Crippen LogP contribution in [0.3, 0.4) is 0 Å². The Morgan fingerprint density at radius 2 is 2.25 bits per heavy atom. The summed E-state index contributed by atoms with van der Waals surface area (Å²) in [6, 6.07) is 7.25. The molecule has 3 atom stereocenters. The van der Waals surface area contributed by atoms with Crippen LogP contribution in [0.5, 0.6) is 5.75 Å². The molecule has 1 saturated heterocycles. The van der Waals surface area contributed by atoms with Crippen molar-refractivity contribution in [3.63, 3.8) is 0 Å². The molecule has 3 aliphatic rings. The molecule has 2 bridgehead atoms. The first-order valence-electron chi connectivity index (χ1n) is 7.76. The van der Waals surface area contributed by atoms with Gasteiger partial charge in [0.2, 0.25) is 0 Å². The molecule has 20 heavy (non-hydrogen) atoms. The van der Waals surface area contributed by atoms with Crippen LogP contribution in [0, 0.1) is 5.92 Å². The number of H-pyrrole nitrogens is 1. The van der Waals surface area contributed by atoms with Crippen molar-refractivity contribution in [1.82, 2.24) is 9.88 Å². The van der Waals surface area contributed by atoms with Crippen LogP contribution in [0.1, 0.15) is 30.0 Å². The highest BCUT2D eigenvalue weighted by Crippen LogP contribution is 2.50. The van der Waals surface area contributed by atoms with Crippen LogP contribution in [-0.4, -0.2) is 36.1 Å². The summed E-state index contributed by atoms with van der Waals surface area (Å²) >= 11 is 0. The number of aromatic nitrogens is 1. The van der Waals surface area contributed by atoms with Crippen LogP contribution >= 0.6 is 0 Å². The number of aromatic amines is 1. The number of hydrogen-bond donors (Lipinski definition) is 1. The molecule has 0 amide bonds. The number of benzene rings is 1. The lowest BCUT2D eigenvalue weighted by Gasteiger charge is -2.30. The lowest BCUT2D eigenvalue weighted by molar-refractivity contribution is 0.201. The predicted octanol–water partition coefficient (Wildman–Crippen LogP) is 2.91. The quantitative estimate of drug-likeness (QED) is 0.861. The minimum Gasteiger partial charge on any atom is -0.497 e. The van der Waals surface area contributed by atoms with Crippen molar-refractivity contribution in [2.24, 2.45) is 5.92 Å². The summed E-state index contributed by atoms with van der Waals surface area (Å²) in [7, 11) is 1.75. The average molecular weight is 268 g/mol. The fourth-order valence-electron chi connectivity index (χ4n) is 4.92. The Kier molecular flexibility index (Phi) is 2.12. The molecular weight excluding hydrogens is 248 g/mol. The van der Waals surface area contributed by atoms with Crippen molar-refractivity contribution in [2.45, 2.75) is 31.2 Å². The number of methoxy groups -OCH3 is 1. The number of fused-ring (bicyclic) bond motifs is 5. The van der Waals surface area contributed by atoms with Crippen molar-refractivity contribution in [3.05, 3.63) is 29.5 Å². The van der Waals surface area contributed by atoms with Crippen molar-refractivity contribution in [3.8, 4) is 5.75 Å². The van der Waals surface area contributed by atoms with Gasteiger partial charge in [-0.15, -0.1) is 0 Å². The first kappa shape index (κ1) is 11.2. The molecular formula is C17H20N2O. The summed E-state index contributed by atoms with van der Waals surface area (Å²) in [6.45, 7) is 2.57. The van der Waals surface area contributed by atoms with Crippen molar-refractivity contribution in [1.29, 1.82) is 0 Å². The first-order chi connectivity index (χ1) is 9.83. The normalized spacial score (nSPS) is 31.6. The number of hydrogen-bond acceptors (Lipinski definition) is 2. The number of nitrogens with one attached hydrogen (secondary N) is 1. The summed E-state index contributed by atoms with van der Waals surface area (Å²) in [6.07, 6.45) is 3.99. The Labute approximate surface area is 118 Å². The zero-order valence-electron chi connectivity index (χ0n) is 11.9. The van der Waals surface area contributed by atoms with Crippen LogP contribution in [0.4, 0.5) is 0 Å². The fraction of sp³-hybridized carbons (Fsp3) is 0.529. The Morgan fingerprint density at radius 3 is 3.10 bits per heavy atom. The van der Waals surface area contributed by atoms with Gasteiger partial charge < -0.3 is 9.72 Å². The van der Waals surface area contributed by atoms with E-state index in [0.29, 0.717) is 0 Å². The lowest BCUT2D eigenvalue weighted by atomic mass is 9.93. The Morgan fingerprint density at radius 1 is 1.30 bits per heavy atom. The molecule has 104 valence electrons. The van der Waals surface area contributed by atoms with Gasteiger partial charge in [0.05, 0.1) is 7.11 Å². The number of rotatable bonds is 1. The van der Waals surface area contributed by atoms with Gasteiger partial charge in [-0.3, -0.25) is 4.90 Å². The molecule has 5 rings (SSSR count). The summed E-state index contributed by atoms with van der Waals surface area (Å²) in [4.78, 5) is 6.47. The molecule has 0 unspecified atom stereocenters. The van der Waals surface area contributed by atoms with E-state index in [1.54, 1.807) is 12.7 Å². The van der Waals surface area contributed by atoms with E-state index in [-0.39, 0.29) is 0 Å². The van der Waals surface area contributed by atoms with E-state index in [2.05, 4.69) is 28.1 Å². The van der Waals surface area contributed by atoms with Crippen LogP contribution in [0.25, 0.3) is 10.9 Å². The first-order valence-corrected chi connectivity index (χ1v) is 7.76. The smallest absolute Gasteiger partial charge is 0.119 e. The second-order valence-electron chi connectivity index (χ2n) is 6.68. The zero-order valence-corrected chi connectivity index (χ0v) is 11.9. The van der Waals surface area contributed by atoms with E-state index in [0.717, 1.165) is 23.6 Å². The van der Waals surface area contributed by atoms with Crippen LogP contribution in [0.2, 0.25) is 0 Å². The molecule has 3 nitrogen and oxygen atoms in total. The highest BCUT2D eigenvalue weighted by atomic mass is 16.5. The maximum atomic E-state index is 5.41. The van der Waals surface area contributed by atoms with E-state index in [4.69, 9.17) is 4.74 Å². The molecule has 2 aliphatic heterocycles. The molecule has 1 N–H and O–H groups in total. The van der Waals surface area contributed by atoms with Crippen molar-refractivity contribution < 1.29 is 4.74 Å². The fourth-order valence-corrected chi connectivity index (χ4v) is 4.92. The largest absolute Gasteiger partial charge is 0.497 e. The van der Waals surface area contributed by atoms with Gasteiger partial charge in [0, 0.05) is 41.6 Å². The third-order valence-electron chi connectivity index (χ3n) is 5.75. The monoisotopic (exact) mass is 268 g/mol. The van der Waals surface area contributed by atoms with Gasteiger partial charge in [-0.05, 0) is 48.9 Å².